The van der Waals surface area contributed by atoms with Crippen LogP contribution in [0.4, 0.5) is 26.3 Å². The lowest BCUT2D eigenvalue weighted by Crippen LogP contribution is -2.30. The summed E-state index contributed by atoms with van der Waals surface area (Å²) in [4.78, 5) is 0. The second-order valence-electron chi connectivity index (χ2n) is 6.21. The first kappa shape index (κ1) is 24.4. The van der Waals surface area contributed by atoms with Crippen molar-refractivity contribution in [2.24, 2.45) is 7.05 Å². The van der Waals surface area contributed by atoms with Crippen LogP contribution in [-0.2, 0) is 23.3 Å². The molecule has 0 unspecified atom stereocenters. The topological polar surface area (TPSA) is 70.3 Å². The molecule has 0 saturated carbocycles. The first-order valence-electron chi connectivity index (χ1n) is 8.31. The normalized spacial score (nSPS) is 12.3. The van der Waals surface area contributed by atoms with Gasteiger partial charge in [0.2, 0.25) is 5.69 Å². The third-order valence-electron chi connectivity index (χ3n) is 4.11. The molecule has 5 nitrogen and oxygen atoms in total. The molecule has 0 spiro atoms. The van der Waals surface area contributed by atoms with E-state index >= 15 is 0 Å². The summed E-state index contributed by atoms with van der Waals surface area (Å²) in [5.74, 6) is 0.761. The minimum atomic E-state index is -6.09. The van der Waals surface area contributed by atoms with Crippen molar-refractivity contribution in [2.75, 3.05) is 7.11 Å². The number of nitrogens with zero attached hydrogens (tertiary/aromatic N) is 1. The Balaban J connectivity index is 0.000000366. The van der Waals surface area contributed by atoms with Crippen LogP contribution in [0.1, 0.15) is 5.56 Å². The molecule has 3 aromatic rings. The Morgan fingerprint density at radius 3 is 1.97 bits per heavy atom. The summed E-state index contributed by atoms with van der Waals surface area (Å²) in [5, 5.41) is 1.92. The second kappa shape index (κ2) is 8.71. The summed E-state index contributed by atoms with van der Waals surface area (Å²) in [6.07, 6.45) is -2.40. The number of fused-ring (bicyclic) bond motifs is 1. The van der Waals surface area contributed by atoms with Crippen molar-refractivity contribution in [3.05, 3.63) is 60.3 Å². The zero-order valence-electron chi connectivity index (χ0n) is 16.0. The predicted octanol–water partition coefficient (Wildman–Crippen LogP) is 4.41. The third-order valence-corrected chi connectivity index (χ3v) is 4.67. The van der Waals surface area contributed by atoms with Crippen LogP contribution in [0.2, 0.25) is 0 Å². The fourth-order valence-corrected chi connectivity index (χ4v) is 2.63. The number of hydrogen-bond acceptors (Lipinski definition) is 4. The molecule has 0 amide bonds. The van der Waals surface area contributed by atoms with Crippen LogP contribution >= 0.6 is 0 Å². The first-order valence-corrected chi connectivity index (χ1v) is 9.72. The van der Waals surface area contributed by atoms with Gasteiger partial charge in [0.05, 0.1) is 18.1 Å². The van der Waals surface area contributed by atoms with E-state index in [1.807, 2.05) is 42.1 Å². The van der Waals surface area contributed by atoms with Crippen LogP contribution in [0.5, 0.6) is 5.75 Å². The van der Waals surface area contributed by atoms with E-state index in [0.717, 1.165) is 39.9 Å². The van der Waals surface area contributed by atoms with Gasteiger partial charge in [0.15, 0.2) is 16.3 Å². The number of benzene rings is 2. The smallest absolute Gasteiger partial charge is 0.485 e. The van der Waals surface area contributed by atoms with Gasteiger partial charge in [-0.1, -0.05) is 12.1 Å². The lowest BCUT2D eigenvalue weighted by atomic mass is 10.0. The number of rotatable bonds is 2. The highest BCUT2D eigenvalue weighted by atomic mass is 32.2. The lowest BCUT2D eigenvalue weighted by molar-refractivity contribution is -0.659. The average Bonchev–Trinajstić information content (AvgIpc) is 2.65. The van der Waals surface area contributed by atoms with Crippen LogP contribution in [0.25, 0.3) is 22.0 Å². The maximum atomic E-state index is 12.7. The monoisotopic (exact) mass is 467 g/mol. The number of aromatic nitrogens is 1. The molecule has 0 saturated heterocycles. The van der Waals surface area contributed by atoms with E-state index in [-0.39, 0.29) is 0 Å². The molecular formula is C19H15F6NO4S. The van der Waals surface area contributed by atoms with Crippen molar-refractivity contribution in [3.8, 4) is 17.0 Å². The van der Waals surface area contributed by atoms with Gasteiger partial charge >= 0.3 is 11.7 Å². The molecule has 1 heterocycles. The Morgan fingerprint density at radius 1 is 0.968 bits per heavy atom. The molecule has 2 aromatic carbocycles. The highest BCUT2D eigenvalue weighted by molar-refractivity contribution is 7.86. The number of hydrogen-bond donors (Lipinski definition) is 0. The van der Waals surface area contributed by atoms with Gasteiger partial charge in [-0.3, -0.25) is 0 Å². The largest absolute Gasteiger partial charge is 0.741 e. The summed E-state index contributed by atoms with van der Waals surface area (Å²) in [7, 11) is -2.62. The first-order chi connectivity index (χ1) is 14.1. The van der Waals surface area contributed by atoms with Gasteiger partial charge in [0, 0.05) is 11.6 Å². The van der Waals surface area contributed by atoms with Crippen LogP contribution < -0.4 is 9.30 Å². The van der Waals surface area contributed by atoms with Crippen molar-refractivity contribution >= 4 is 20.9 Å². The van der Waals surface area contributed by atoms with Crippen LogP contribution in [0.15, 0.2) is 54.7 Å². The molecule has 0 aliphatic carbocycles. The summed E-state index contributed by atoms with van der Waals surface area (Å²) in [6.45, 7) is 0. The van der Waals surface area contributed by atoms with Crippen molar-refractivity contribution in [2.45, 2.75) is 11.7 Å². The van der Waals surface area contributed by atoms with E-state index in [0.29, 0.717) is 0 Å². The minimum absolute atomic E-state index is 0.647. The quantitative estimate of drug-likeness (QED) is 0.242. The van der Waals surface area contributed by atoms with E-state index in [1.165, 1.54) is 12.1 Å². The predicted molar refractivity (Wildman–Crippen MR) is 97.9 cm³/mol. The van der Waals surface area contributed by atoms with E-state index in [2.05, 4.69) is 0 Å². The maximum absolute atomic E-state index is 12.7. The Kier molecular flexibility index (Phi) is 6.86. The highest BCUT2D eigenvalue weighted by Gasteiger charge is 2.37. The third kappa shape index (κ3) is 5.85. The van der Waals surface area contributed by atoms with Gasteiger partial charge in [-0.15, -0.1) is 0 Å². The zero-order chi connectivity index (χ0) is 23.6. The number of pyridine rings is 1. The van der Waals surface area contributed by atoms with E-state index in [1.54, 1.807) is 7.11 Å². The van der Waals surface area contributed by atoms with Crippen molar-refractivity contribution in [3.63, 3.8) is 0 Å². The van der Waals surface area contributed by atoms with Crippen molar-refractivity contribution in [1.29, 1.82) is 0 Å². The van der Waals surface area contributed by atoms with E-state index in [4.69, 9.17) is 17.7 Å². The average molecular weight is 467 g/mol. The number of aryl methyl sites for hydroxylation is 1. The highest BCUT2D eigenvalue weighted by Crippen LogP contribution is 2.31. The van der Waals surface area contributed by atoms with Crippen LogP contribution in [0, 0.1) is 0 Å². The molecule has 1 aromatic heterocycles. The molecule has 12 heteroatoms. The van der Waals surface area contributed by atoms with E-state index in [9.17, 15) is 26.3 Å². The standard InChI is InChI=1S/C18H15F3NO.CHF3O3S/c1-22-11-15-13(4-3-5-17(15)23-2)10-16(22)12-6-8-14(9-7-12)18(19,20)21;2-1(3,4)8(5,6)7/h3-11H,1-2H3;(H,5,6,7)/q+1;/p-1. The number of methoxy groups -OCH3 is 1. The van der Waals surface area contributed by atoms with Gasteiger partial charge < -0.3 is 9.29 Å². The second-order valence-corrected chi connectivity index (χ2v) is 7.58. The Hall–Kier alpha value is -2.86. The van der Waals surface area contributed by atoms with Crippen molar-refractivity contribution in [1.82, 2.24) is 0 Å². The van der Waals surface area contributed by atoms with Gasteiger partial charge in [-0.05, 0) is 35.7 Å². The molecule has 0 radical (unpaired) electrons. The Morgan fingerprint density at radius 2 is 1.52 bits per heavy atom. The summed E-state index contributed by atoms with van der Waals surface area (Å²) < 4.78 is 104. The lowest BCUT2D eigenvalue weighted by Gasteiger charge is -2.08. The van der Waals surface area contributed by atoms with Crippen LogP contribution in [0.3, 0.4) is 0 Å². The molecular weight excluding hydrogens is 452 g/mol. The molecule has 168 valence electrons. The van der Waals surface area contributed by atoms with Gasteiger partial charge in [-0.25, -0.2) is 13.0 Å². The van der Waals surface area contributed by atoms with E-state index < -0.39 is 27.4 Å². The molecule has 0 N–H and O–H groups in total. The van der Waals surface area contributed by atoms with Gasteiger partial charge in [-0.2, -0.15) is 26.3 Å². The molecule has 0 fully saturated rings. The molecule has 0 aliphatic heterocycles. The number of halogens is 6. The Labute approximate surface area is 173 Å². The molecule has 0 bridgehead atoms. The molecule has 3 rings (SSSR count). The maximum Gasteiger partial charge on any atom is 0.485 e. The number of ether oxygens (including phenoxy) is 1. The van der Waals surface area contributed by atoms with Gasteiger partial charge in [0.1, 0.15) is 12.8 Å². The van der Waals surface area contributed by atoms with Gasteiger partial charge in [0.25, 0.3) is 0 Å². The Bertz CT molecular complexity index is 1170. The summed E-state index contributed by atoms with van der Waals surface area (Å²) >= 11 is 0. The molecule has 0 aliphatic rings. The number of alkyl halides is 6. The van der Waals surface area contributed by atoms with Crippen molar-refractivity contribution < 1.29 is 48.6 Å². The SMILES string of the molecule is COc1cccc2cc(-c3ccc(C(F)(F)F)cc3)[n+](C)cc12.O=S(=O)([O-])C(F)(F)F. The zero-order valence-corrected chi connectivity index (χ0v) is 16.8. The summed E-state index contributed by atoms with van der Waals surface area (Å²) in [6, 6.07) is 12.8. The summed E-state index contributed by atoms with van der Waals surface area (Å²) in [5.41, 5.74) is -4.73. The molecule has 0 atom stereocenters. The fourth-order valence-electron chi connectivity index (χ4n) is 2.63. The van der Waals surface area contributed by atoms with Crippen LogP contribution in [-0.4, -0.2) is 25.6 Å². The fraction of sp³-hybridized carbons (Fsp3) is 0.211. The minimum Gasteiger partial charge on any atom is -0.741 e. The molecule has 31 heavy (non-hydrogen) atoms.